The van der Waals surface area contributed by atoms with Crippen LogP contribution < -0.4 is 5.32 Å². The quantitative estimate of drug-likeness (QED) is 0.734. The van der Waals surface area contributed by atoms with E-state index in [-0.39, 0.29) is 11.9 Å². The van der Waals surface area contributed by atoms with Crippen molar-refractivity contribution in [1.82, 2.24) is 19.3 Å². The van der Waals surface area contributed by atoms with Crippen LogP contribution in [0.25, 0.3) is 16.8 Å². The van der Waals surface area contributed by atoms with Crippen LogP contribution in [0.15, 0.2) is 48.9 Å². The zero-order valence-electron chi connectivity index (χ0n) is 10.9. The van der Waals surface area contributed by atoms with Crippen LogP contribution in [0.3, 0.4) is 0 Å². The molecular formula is C15H14N4O. The third-order valence-corrected chi connectivity index (χ3v) is 3.84. The number of aromatic nitrogens is 3. The zero-order valence-corrected chi connectivity index (χ0v) is 10.9. The number of nitrogens with one attached hydrogen (secondary N) is 1. The second kappa shape index (κ2) is 3.96. The highest BCUT2D eigenvalue weighted by Gasteiger charge is 2.27. The number of para-hydroxylation sites is 2. The molecule has 3 aromatic rings. The first-order chi connectivity index (χ1) is 9.74. The molecule has 0 bridgehead atoms. The van der Waals surface area contributed by atoms with Crippen molar-refractivity contribution in [2.75, 3.05) is 0 Å². The molecule has 100 valence electrons. The maximum Gasteiger partial charge on any atom is 0.247 e. The Bertz CT molecular complexity index is 842. The van der Waals surface area contributed by atoms with Gasteiger partial charge in [-0.3, -0.25) is 9.20 Å². The first kappa shape index (κ1) is 11.3. The van der Waals surface area contributed by atoms with E-state index in [9.17, 15) is 4.79 Å². The fourth-order valence-corrected chi connectivity index (χ4v) is 2.84. The molecule has 0 radical (unpaired) electrons. The maximum absolute atomic E-state index is 12.1. The summed E-state index contributed by atoms with van der Waals surface area (Å²) in [6, 6.07) is 7.76. The van der Waals surface area contributed by atoms with Crippen LogP contribution in [0.1, 0.15) is 18.9 Å². The van der Waals surface area contributed by atoms with Crippen molar-refractivity contribution in [3.8, 4) is 0 Å². The monoisotopic (exact) mass is 266 g/mol. The van der Waals surface area contributed by atoms with Crippen LogP contribution in [0.2, 0.25) is 0 Å². The first-order valence-corrected chi connectivity index (χ1v) is 6.66. The minimum Gasteiger partial charge on any atom is -0.329 e. The van der Waals surface area contributed by atoms with E-state index in [1.54, 1.807) is 0 Å². The number of hydrogen-bond donors (Lipinski definition) is 1. The minimum absolute atomic E-state index is 0.00796. The van der Waals surface area contributed by atoms with Crippen LogP contribution in [0.4, 0.5) is 0 Å². The molecule has 5 nitrogen and oxygen atoms in total. The molecule has 0 aliphatic carbocycles. The zero-order chi connectivity index (χ0) is 13.7. The van der Waals surface area contributed by atoms with Crippen LogP contribution in [-0.2, 0) is 4.79 Å². The second-order valence-corrected chi connectivity index (χ2v) is 5.12. The van der Waals surface area contributed by atoms with Crippen molar-refractivity contribution in [1.29, 1.82) is 0 Å². The number of allylic oxidation sites excluding steroid dienone is 1. The normalized spacial score (nSPS) is 19.7. The number of hydrogen-bond acceptors (Lipinski definition) is 2. The molecule has 4 rings (SSSR count). The Morgan fingerprint density at radius 1 is 1.30 bits per heavy atom. The van der Waals surface area contributed by atoms with E-state index in [1.165, 1.54) is 0 Å². The van der Waals surface area contributed by atoms with Gasteiger partial charge in [0.25, 0.3) is 0 Å². The number of rotatable bonds is 1. The summed E-state index contributed by atoms with van der Waals surface area (Å²) >= 11 is 0. The summed E-state index contributed by atoms with van der Waals surface area (Å²) in [5, 5.41) is 2.82. The Balaban J connectivity index is 1.88. The molecule has 1 atom stereocenters. The second-order valence-electron chi connectivity index (χ2n) is 5.12. The number of carbonyl (C=O) groups excluding carboxylic acids is 1. The van der Waals surface area contributed by atoms with Gasteiger partial charge in [-0.15, -0.1) is 0 Å². The molecule has 1 N–H and O–H groups in total. The predicted octanol–water partition coefficient (Wildman–Crippen LogP) is 2.25. The van der Waals surface area contributed by atoms with E-state index in [0.717, 1.165) is 35.3 Å². The van der Waals surface area contributed by atoms with Gasteiger partial charge in [-0.1, -0.05) is 18.7 Å². The van der Waals surface area contributed by atoms with Gasteiger partial charge < -0.3 is 9.88 Å². The van der Waals surface area contributed by atoms with Crippen molar-refractivity contribution >= 4 is 22.7 Å². The number of fused-ring (bicyclic) bond motifs is 3. The van der Waals surface area contributed by atoms with Gasteiger partial charge in [0.2, 0.25) is 11.7 Å². The van der Waals surface area contributed by atoms with E-state index in [1.807, 2.05) is 45.6 Å². The van der Waals surface area contributed by atoms with Crippen molar-refractivity contribution < 1.29 is 4.79 Å². The summed E-state index contributed by atoms with van der Waals surface area (Å²) in [5.41, 5.74) is 2.79. The SMILES string of the molecule is C=C1CCC(n2ccn3c4ccccc4nc23)C(=O)N1. The van der Waals surface area contributed by atoms with E-state index >= 15 is 0 Å². The average Bonchev–Trinajstić information content (AvgIpc) is 2.98. The summed E-state index contributed by atoms with van der Waals surface area (Å²) in [4.78, 5) is 16.8. The number of amides is 1. The lowest BCUT2D eigenvalue weighted by molar-refractivity contribution is -0.124. The standard InChI is InChI=1S/C15H14N4O/c1-10-6-7-13(14(20)16-10)19-9-8-18-12-5-3-2-4-11(12)17-15(18)19/h2-5,8-9,13H,1,6-7H2,(H,16,20). The van der Waals surface area contributed by atoms with Gasteiger partial charge in [0.05, 0.1) is 11.0 Å². The number of piperidine rings is 1. The van der Waals surface area contributed by atoms with Crippen molar-refractivity contribution in [2.24, 2.45) is 0 Å². The van der Waals surface area contributed by atoms with Crippen molar-refractivity contribution in [3.05, 3.63) is 48.9 Å². The first-order valence-electron chi connectivity index (χ1n) is 6.66. The fourth-order valence-electron chi connectivity index (χ4n) is 2.84. The van der Waals surface area contributed by atoms with Gasteiger partial charge >= 0.3 is 0 Å². The molecule has 5 heteroatoms. The molecule has 3 heterocycles. The molecule has 0 spiro atoms. The molecule has 1 saturated heterocycles. The molecule has 0 saturated carbocycles. The van der Waals surface area contributed by atoms with Gasteiger partial charge in [-0.2, -0.15) is 0 Å². The van der Waals surface area contributed by atoms with Gasteiger partial charge in [-0.05, 0) is 25.0 Å². The number of imidazole rings is 2. The highest BCUT2D eigenvalue weighted by Crippen LogP contribution is 2.26. The van der Waals surface area contributed by atoms with Gasteiger partial charge in [0.1, 0.15) is 6.04 Å². The van der Waals surface area contributed by atoms with Gasteiger partial charge in [-0.25, -0.2) is 4.98 Å². The van der Waals surface area contributed by atoms with Crippen LogP contribution in [0, 0.1) is 0 Å². The maximum atomic E-state index is 12.1. The molecule has 1 aromatic carbocycles. The average molecular weight is 266 g/mol. The van der Waals surface area contributed by atoms with Crippen molar-refractivity contribution in [3.63, 3.8) is 0 Å². The molecule has 1 unspecified atom stereocenters. The Morgan fingerprint density at radius 2 is 2.15 bits per heavy atom. The smallest absolute Gasteiger partial charge is 0.247 e. The lowest BCUT2D eigenvalue weighted by atomic mass is 10.0. The lowest BCUT2D eigenvalue weighted by Crippen LogP contribution is -2.36. The Morgan fingerprint density at radius 3 is 3.00 bits per heavy atom. The topological polar surface area (TPSA) is 51.3 Å². The number of carbonyl (C=O) groups is 1. The van der Waals surface area contributed by atoms with Crippen molar-refractivity contribution in [2.45, 2.75) is 18.9 Å². The summed E-state index contributed by atoms with van der Waals surface area (Å²) in [7, 11) is 0. The van der Waals surface area contributed by atoms with E-state index in [4.69, 9.17) is 0 Å². The molecule has 2 aromatic heterocycles. The lowest BCUT2D eigenvalue weighted by Gasteiger charge is -2.24. The molecule has 1 aliphatic rings. The summed E-state index contributed by atoms with van der Waals surface area (Å²) in [5.74, 6) is 0.797. The van der Waals surface area contributed by atoms with Gasteiger partial charge in [0, 0.05) is 18.1 Å². The predicted molar refractivity (Wildman–Crippen MR) is 76.2 cm³/mol. The molecular weight excluding hydrogens is 252 g/mol. The Hall–Kier alpha value is -2.56. The van der Waals surface area contributed by atoms with Crippen LogP contribution >= 0.6 is 0 Å². The molecule has 1 aliphatic heterocycles. The van der Waals surface area contributed by atoms with E-state index in [0.29, 0.717) is 0 Å². The summed E-state index contributed by atoms with van der Waals surface area (Å²) in [6.07, 6.45) is 5.45. The van der Waals surface area contributed by atoms with E-state index < -0.39 is 0 Å². The number of nitrogens with zero attached hydrogens (tertiary/aromatic N) is 3. The molecule has 20 heavy (non-hydrogen) atoms. The number of benzene rings is 1. The highest BCUT2D eigenvalue weighted by molar-refractivity contribution is 5.84. The molecule has 1 fully saturated rings. The Labute approximate surface area is 115 Å². The minimum atomic E-state index is -0.213. The highest BCUT2D eigenvalue weighted by atomic mass is 16.2. The molecule has 1 amide bonds. The van der Waals surface area contributed by atoms with Crippen LogP contribution in [0.5, 0.6) is 0 Å². The van der Waals surface area contributed by atoms with Crippen LogP contribution in [-0.4, -0.2) is 19.9 Å². The Kier molecular flexibility index (Phi) is 2.24. The largest absolute Gasteiger partial charge is 0.329 e. The summed E-state index contributed by atoms with van der Waals surface area (Å²) in [6.45, 7) is 3.82. The third-order valence-electron chi connectivity index (χ3n) is 3.84. The van der Waals surface area contributed by atoms with E-state index in [2.05, 4.69) is 16.9 Å². The third kappa shape index (κ3) is 1.49. The van der Waals surface area contributed by atoms with Gasteiger partial charge in [0.15, 0.2) is 0 Å². The summed E-state index contributed by atoms with van der Waals surface area (Å²) < 4.78 is 3.97. The fraction of sp³-hybridized carbons (Fsp3) is 0.200.